The van der Waals surface area contributed by atoms with Gasteiger partial charge in [-0.2, -0.15) is 0 Å². The Bertz CT molecular complexity index is 725. The van der Waals surface area contributed by atoms with Gasteiger partial charge in [0.15, 0.2) is 0 Å². The average Bonchev–Trinajstić information content (AvgIpc) is 3.04. The third-order valence-corrected chi connectivity index (χ3v) is 4.98. The number of carbonyl (C=O) groups excluding carboxylic acids is 1. The van der Waals surface area contributed by atoms with Crippen molar-refractivity contribution in [3.8, 4) is 0 Å². The van der Waals surface area contributed by atoms with E-state index in [4.69, 9.17) is 4.74 Å². The summed E-state index contributed by atoms with van der Waals surface area (Å²) in [6, 6.07) is 7.80. The molecule has 0 radical (unpaired) electrons. The molecule has 1 spiro atoms. The van der Waals surface area contributed by atoms with E-state index in [1.807, 2.05) is 29.3 Å². The Morgan fingerprint density at radius 2 is 2.08 bits per heavy atom. The van der Waals surface area contributed by atoms with E-state index in [1.165, 1.54) is 0 Å². The minimum atomic E-state index is -0.240. The quantitative estimate of drug-likeness (QED) is 0.930. The summed E-state index contributed by atoms with van der Waals surface area (Å²) in [7, 11) is 0. The molecule has 2 aromatic rings. The van der Waals surface area contributed by atoms with Crippen LogP contribution in [0, 0.1) is 0 Å². The average molecular weight is 338 g/mol. The topological polar surface area (TPSA) is 67.4 Å². The second-order valence-corrected chi connectivity index (χ2v) is 6.85. The number of nitrogens with one attached hydrogen (secondary N) is 1. The Morgan fingerprint density at radius 1 is 1.24 bits per heavy atom. The van der Waals surface area contributed by atoms with Gasteiger partial charge in [-0.05, 0) is 37.1 Å². The zero-order valence-corrected chi connectivity index (χ0v) is 14.1. The largest absolute Gasteiger partial charge is 0.379 e. The Balaban J connectivity index is 1.42. The molecule has 2 aromatic heterocycles. The Labute approximate surface area is 147 Å². The molecule has 0 saturated carbocycles. The molecule has 4 heterocycles. The van der Waals surface area contributed by atoms with Gasteiger partial charge >= 0.3 is 0 Å². The highest BCUT2D eigenvalue weighted by Gasteiger charge is 2.44. The van der Waals surface area contributed by atoms with Crippen molar-refractivity contribution in [1.82, 2.24) is 14.9 Å². The number of aromatic nitrogens is 2. The van der Waals surface area contributed by atoms with Crippen LogP contribution in [0.3, 0.4) is 0 Å². The van der Waals surface area contributed by atoms with Crippen molar-refractivity contribution in [2.45, 2.75) is 30.9 Å². The summed E-state index contributed by atoms with van der Waals surface area (Å²) in [6.07, 6.45) is 9.76. The lowest BCUT2D eigenvalue weighted by atomic mass is 9.88. The molecule has 2 atom stereocenters. The molecule has 4 rings (SSSR count). The first-order valence-corrected chi connectivity index (χ1v) is 8.74. The lowest BCUT2D eigenvalue weighted by Crippen LogP contribution is -2.50. The number of ether oxygens (including phenoxy) is 1. The van der Waals surface area contributed by atoms with Gasteiger partial charge in [-0.25, -0.2) is 0 Å². The number of piperidine rings is 1. The second-order valence-electron chi connectivity index (χ2n) is 6.85. The van der Waals surface area contributed by atoms with Crippen LogP contribution in [-0.4, -0.2) is 52.1 Å². The van der Waals surface area contributed by atoms with Gasteiger partial charge in [-0.1, -0.05) is 0 Å². The zero-order chi connectivity index (χ0) is 17.1. The van der Waals surface area contributed by atoms with Crippen molar-refractivity contribution in [2.24, 2.45) is 0 Å². The first-order chi connectivity index (χ1) is 12.2. The van der Waals surface area contributed by atoms with E-state index in [0.717, 1.165) is 31.5 Å². The summed E-state index contributed by atoms with van der Waals surface area (Å²) in [5.41, 5.74) is 1.41. The maximum Gasteiger partial charge on any atom is 0.255 e. The third-order valence-electron chi connectivity index (χ3n) is 4.98. The molecule has 1 amide bonds. The predicted molar refractivity (Wildman–Crippen MR) is 94.3 cm³/mol. The lowest BCUT2D eigenvalue weighted by molar-refractivity contribution is -0.0447. The van der Waals surface area contributed by atoms with Crippen LogP contribution < -0.4 is 5.32 Å². The van der Waals surface area contributed by atoms with Gasteiger partial charge in [0.25, 0.3) is 5.91 Å². The van der Waals surface area contributed by atoms with E-state index in [2.05, 4.69) is 15.3 Å². The van der Waals surface area contributed by atoms with Crippen LogP contribution in [0.2, 0.25) is 0 Å². The molecule has 1 N–H and O–H groups in total. The summed E-state index contributed by atoms with van der Waals surface area (Å²) in [4.78, 5) is 22.8. The van der Waals surface area contributed by atoms with Crippen molar-refractivity contribution in [3.63, 3.8) is 0 Å². The highest BCUT2D eigenvalue weighted by Crippen LogP contribution is 2.36. The maximum atomic E-state index is 12.7. The van der Waals surface area contributed by atoms with Crippen molar-refractivity contribution in [1.29, 1.82) is 0 Å². The predicted octanol–water partition coefficient (Wildman–Crippen LogP) is 2.35. The maximum absolute atomic E-state index is 12.7. The summed E-state index contributed by atoms with van der Waals surface area (Å²) in [5.74, 6) is 0.0412. The number of likely N-dealkylation sites (tertiary alicyclic amines) is 1. The first kappa shape index (κ1) is 16.0. The molecule has 2 fully saturated rings. The molecule has 0 aromatic carbocycles. The highest BCUT2D eigenvalue weighted by atomic mass is 16.5. The normalized spacial score (nSPS) is 25.9. The Kier molecular flexibility index (Phi) is 4.36. The van der Waals surface area contributed by atoms with Gasteiger partial charge in [0.05, 0.1) is 36.0 Å². The van der Waals surface area contributed by atoms with E-state index in [0.29, 0.717) is 18.7 Å². The van der Waals surface area contributed by atoms with Gasteiger partial charge in [0.1, 0.15) is 0 Å². The third kappa shape index (κ3) is 3.49. The number of hydrogen-bond donors (Lipinski definition) is 1. The van der Waals surface area contributed by atoms with Crippen LogP contribution >= 0.6 is 0 Å². The smallest absolute Gasteiger partial charge is 0.255 e. The molecule has 6 heteroatoms. The molecule has 2 unspecified atom stereocenters. The van der Waals surface area contributed by atoms with Crippen molar-refractivity contribution >= 4 is 11.6 Å². The number of carbonyl (C=O) groups is 1. The Hall–Kier alpha value is -2.47. The van der Waals surface area contributed by atoms with Crippen LogP contribution in [0.5, 0.6) is 0 Å². The van der Waals surface area contributed by atoms with E-state index < -0.39 is 0 Å². The molecule has 2 aliphatic rings. The van der Waals surface area contributed by atoms with Crippen molar-refractivity contribution in [2.75, 3.05) is 25.0 Å². The summed E-state index contributed by atoms with van der Waals surface area (Å²) >= 11 is 0. The summed E-state index contributed by atoms with van der Waals surface area (Å²) < 4.78 is 6.19. The number of nitrogens with zero attached hydrogens (tertiary/aromatic N) is 3. The molecule has 0 aliphatic carbocycles. The molecule has 2 saturated heterocycles. The highest BCUT2D eigenvalue weighted by molar-refractivity contribution is 5.94. The van der Waals surface area contributed by atoms with Gasteiger partial charge in [-0.3, -0.25) is 14.8 Å². The van der Waals surface area contributed by atoms with E-state index in [1.54, 1.807) is 24.7 Å². The number of rotatable bonds is 3. The number of amides is 1. The standard InChI is InChI=1S/C19H22N4O2/c24-18(15-4-1-7-20-11-15)23-9-3-6-19(14-23)10-17(13-25-19)22-16-5-2-8-21-12-16/h1-2,4-5,7-8,11-12,17,22H,3,6,9-10,13-14H2. The molecular formula is C19H22N4O2. The first-order valence-electron chi connectivity index (χ1n) is 8.74. The van der Waals surface area contributed by atoms with Gasteiger partial charge in [0.2, 0.25) is 0 Å². The van der Waals surface area contributed by atoms with E-state index in [9.17, 15) is 4.79 Å². The fraction of sp³-hybridized carbons (Fsp3) is 0.421. The minimum absolute atomic E-state index is 0.0412. The summed E-state index contributed by atoms with van der Waals surface area (Å²) in [5, 5.41) is 3.49. The van der Waals surface area contributed by atoms with Gasteiger partial charge in [0, 0.05) is 37.8 Å². The molecular weight excluding hydrogens is 316 g/mol. The van der Waals surface area contributed by atoms with E-state index in [-0.39, 0.29) is 17.6 Å². The SMILES string of the molecule is O=C(c1cccnc1)N1CCCC2(CC(Nc3cccnc3)CO2)C1. The number of pyridine rings is 2. The molecule has 130 valence electrons. The van der Waals surface area contributed by atoms with Gasteiger partial charge in [-0.15, -0.1) is 0 Å². The zero-order valence-electron chi connectivity index (χ0n) is 14.1. The number of hydrogen-bond acceptors (Lipinski definition) is 5. The molecule has 2 aliphatic heterocycles. The van der Waals surface area contributed by atoms with Crippen LogP contribution in [-0.2, 0) is 4.74 Å². The van der Waals surface area contributed by atoms with Crippen LogP contribution in [0.4, 0.5) is 5.69 Å². The lowest BCUT2D eigenvalue weighted by Gasteiger charge is -2.39. The fourth-order valence-electron chi connectivity index (χ4n) is 3.85. The number of anilines is 1. The minimum Gasteiger partial charge on any atom is -0.379 e. The molecule has 6 nitrogen and oxygen atoms in total. The molecule has 0 bridgehead atoms. The van der Waals surface area contributed by atoms with Crippen LogP contribution in [0.25, 0.3) is 0 Å². The second kappa shape index (κ2) is 6.80. The van der Waals surface area contributed by atoms with Crippen LogP contribution in [0.15, 0.2) is 49.1 Å². The van der Waals surface area contributed by atoms with E-state index >= 15 is 0 Å². The monoisotopic (exact) mass is 338 g/mol. The van der Waals surface area contributed by atoms with Crippen LogP contribution in [0.1, 0.15) is 29.6 Å². The molecule has 25 heavy (non-hydrogen) atoms. The Morgan fingerprint density at radius 3 is 2.84 bits per heavy atom. The summed E-state index contributed by atoms with van der Waals surface area (Å²) in [6.45, 7) is 2.08. The fourth-order valence-corrected chi connectivity index (χ4v) is 3.85. The van der Waals surface area contributed by atoms with Gasteiger partial charge < -0.3 is 15.0 Å². The van der Waals surface area contributed by atoms with Crippen molar-refractivity contribution in [3.05, 3.63) is 54.6 Å². The van der Waals surface area contributed by atoms with Crippen molar-refractivity contribution < 1.29 is 9.53 Å².